The zero-order chi connectivity index (χ0) is 19.2. The molecule has 1 radical (unpaired) electrons. The van der Waals surface area contributed by atoms with Crippen molar-refractivity contribution in [3.63, 3.8) is 0 Å². The van der Waals surface area contributed by atoms with Crippen LogP contribution in [0.5, 0.6) is 0 Å². The zero-order valence-electron chi connectivity index (χ0n) is 14.8. The van der Waals surface area contributed by atoms with Crippen molar-refractivity contribution in [3.8, 4) is 0 Å². The molecule has 0 fully saturated rings. The Morgan fingerprint density at radius 3 is 2.56 bits per heavy atom. The van der Waals surface area contributed by atoms with Gasteiger partial charge in [0.05, 0.1) is 6.61 Å². The molecule has 27 heavy (non-hydrogen) atoms. The average molecular weight is 364 g/mol. The van der Waals surface area contributed by atoms with E-state index >= 15 is 0 Å². The molecular weight excluding hydrogens is 342 g/mol. The SMILES string of the molecule is N[C@@H](CO)C(=O)N(Cc1ccccc1)[C@H]([C]=O)Cc1c[nH]c2ccccc12. The first kappa shape index (κ1) is 18.8. The molecule has 6 heteroatoms. The van der Waals surface area contributed by atoms with Crippen LogP contribution < -0.4 is 5.73 Å². The van der Waals surface area contributed by atoms with E-state index in [4.69, 9.17) is 5.73 Å². The minimum Gasteiger partial charge on any atom is -0.394 e. The van der Waals surface area contributed by atoms with Gasteiger partial charge in [0.25, 0.3) is 0 Å². The molecular formula is C21H22N3O3. The van der Waals surface area contributed by atoms with Crippen molar-refractivity contribution < 1.29 is 14.7 Å². The predicted octanol–water partition coefficient (Wildman–Crippen LogP) is 1.54. The Kier molecular flexibility index (Phi) is 6.01. The summed E-state index contributed by atoms with van der Waals surface area (Å²) in [6, 6.07) is 15.2. The lowest BCUT2D eigenvalue weighted by Gasteiger charge is -2.30. The zero-order valence-corrected chi connectivity index (χ0v) is 14.8. The van der Waals surface area contributed by atoms with E-state index in [0.29, 0.717) is 6.42 Å². The van der Waals surface area contributed by atoms with Crippen LogP contribution in [0.1, 0.15) is 11.1 Å². The molecule has 0 aliphatic rings. The fourth-order valence-corrected chi connectivity index (χ4v) is 3.14. The molecule has 4 N–H and O–H groups in total. The number of fused-ring (bicyclic) bond motifs is 1. The van der Waals surface area contributed by atoms with E-state index in [0.717, 1.165) is 22.0 Å². The second-order valence-corrected chi connectivity index (χ2v) is 6.44. The van der Waals surface area contributed by atoms with Gasteiger partial charge < -0.3 is 20.7 Å². The first-order valence-electron chi connectivity index (χ1n) is 8.77. The van der Waals surface area contributed by atoms with Crippen molar-refractivity contribution in [2.75, 3.05) is 6.61 Å². The number of carbonyl (C=O) groups is 1. The highest BCUT2D eigenvalue weighted by Crippen LogP contribution is 2.21. The minimum absolute atomic E-state index is 0.218. The number of benzene rings is 2. The molecule has 0 bridgehead atoms. The molecule has 2 aromatic carbocycles. The van der Waals surface area contributed by atoms with Crippen LogP contribution in [0.25, 0.3) is 10.9 Å². The largest absolute Gasteiger partial charge is 0.394 e. The highest BCUT2D eigenvalue weighted by atomic mass is 16.3. The van der Waals surface area contributed by atoms with E-state index in [1.165, 1.54) is 4.90 Å². The third-order valence-corrected chi connectivity index (χ3v) is 4.59. The maximum Gasteiger partial charge on any atom is 0.242 e. The summed E-state index contributed by atoms with van der Waals surface area (Å²) in [4.78, 5) is 29.1. The maximum absolute atomic E-state index is 12.7. The Hall–Kier alpha value is -2.96. The number of amides is 1. The van der Waals surface area contributed by atoms with Gasteiger partial charge in [0, 0.05) is 30.1 Å². The van der Waals surface area contributed by atoms with Gasteiger partial charge >= 0.3 is 0 Å². The molecule has 1 amide bonds. The third-order valence-electron chi connectivity index (χ3n) is 4.59. The molecule has 6 nitrogen and oxygen atoms in total. The molecule has 0 aliphatic carbocycles. The molecule has 3 rings (SSSR count). The lowest BCUT2D eigenvalue weighted by atomic mass is 10.0. The second kappa shape index (κ2) is 8.62. The molecule has 0 saturated carbocycles. The highest BCUT2D eigenvalue weighted by Gasteiger charge is 2.29. The molecule has 2 atom stereocenters. The van der Waals surface area contributed by atoms with Crippen molar-refractivity contribution in [1.82, 2.24) is 9.88 Å². The van der Waals surface area contributed by atoms with Gasteiger partial charge in [-0.2, -0.15) is 0 Å². The summed E-state index contributed by atoms with van der Waals surface area (Å²) in [6.07, 6.45) is 4.14. The molecule has 3 aromatic rings. The predicted molar refractivity (Wildman–Crippen MR) is 104 cm³/mol. The van der Waals surface area contributed by atoms with Crippen LogP contribution in [0, 0.1) is 0 Å². The number of para-hydroxylation sites is 1. The van der Waals surface area contributed by atoms with E-state index in [2.05, 4.69) is 4.98 Å². The normalized spacial score (nSPS) is 13.3. The summed E-state index contributed by atoms with van der Waals surface area (Å²) >= 11 is 0. The van der Waals surface area contributed by atoms with Gasteiger partial charge in [0.2, 0.25) is 12.2 Å². The Morgan fingerprint density at radius 2 is 1.85 bits per heavy atom. The fourth-order valence-electron chi connectivity index (χ4n) is 3.14. The Bertz CT molecular complexity index is 907. The lowest BCUT2D eigenvalue weighted by molar-refractivity contribution is -0.135. The van der Waals surface area contributed by atoms with Gasteiger partial charge in [0.15, 0.2) is 0 Å². The van der Waals surface area contributed by atoms with E-state index in [1.54, 1.807) is 0 Å². The summed E-state index contributed by atoms with van der Waals surface area (Å²) in [6.45, 7) is -0.265. The number of nitrogens with one attached hydrogen (secondary N) is 1. The summed E-state index contributed by atoms with van der Waals surface area (Å²) in [5.41, 5.74) is 8.50. The van der Waals surface area contributed by atoms with E-state index in [9.17, 15) is 14.7 Å². The second-order valence-electron chi connectivity index (χ2n) is 6.44. The van der Waals surface area contributed by atoms with Crippen molar-refractivity contribution in [2.45, 2.75) is 25.0 Å². The van der Waals surface area contributed by atoms with Crippen molar-refractivity contribution >= 4 is 23.1 Å². The van der Waals surface area contributed by atoms with E-state index in [1.807, 2.05) is 67.1 Å². The van der Waals surface area contributed by atoms with Crippen molar-refractivity contribution in [1.29, 1.82) is 0 Å². The first-order chi connectivity index (χ1) is 13.1. The number of hydrogen-bond acceptors (Lipinski definition) is 4. The number of hydrogen-bond donors (Lipinski definition) is 3. The molecule has 0 unspecified atom stereocenters. The fraction of sp³-hybridized carbons (Fsp3) is 0.238. The van der Waals surface area contributed by atoms with Gasteiger partial charge in [-0.25, -0.2) is 0 Å². The van der Waals surface area contributed by atoms with Gasteiger partial charge in [-0.3, -0.25) is 9.59 Å². The van der Waals surface area contributed by atoms with Crippen molar-refractivity contribution in [3.05, 3.63) is 71.9 Å². The number of nitrogens with zero attached hydrogens (tertiary/aromatic N) is 1. The monoisotopic (exact) mass is 364 g/mol. The van der Waals surface area contributed by atoms with Gasteiger partial charge in [0.1, 0.15) is 12.1 Å². The number of aliphatic hydroxyl groups excluding tert-OH is 1. The number of rotatable bonds is 8. The molecule has 0 aliphatic heterocycles. The third kappa shape index (κ3) is 4.24. The van der Waals surface area contributed by atoms with Crippen LogP contribution in [-0.2, 0) is 22.6 Å². The highest BCUT2D eigenvalue weighted by molar-refractivity contribution is 5.86. The van der Waals surface area contributed by atoms with Crippen LogP contribution >= 0.6 is 0 Å². The summed E-state index contributed by atoms with van der Waals surface area (Å²) in [7, 11) is 0. The number of aromatic amines is 1. The topological polar surface area (TPSA) is 99.4 Å². The smallest absolute Gasteiger partial charge is 0.242 e. The van der Waals surface area contributed by atoms with Crippen LogP contribution in [-0.4, -0.2) is 45.9 Å². The molecule has 0 spiro atoms. The quantitative estimate of drug-likeness (QED) is 0.564. The Balaban J connectivity index is 1.90. The van der Waals surface area contributed by atoms with Gasteiger partial charge in [-0.05, 0) is 17.2 Å². The number of carbonyl (C=O) groups excluding carboxylic acids is 2. The molecule has 1 heterocycles. The molecule has 0 saturated heterocycles. The van der Waals surface area contributed by atoms with E-state index < -0.39 is 24.6 Å². The number of aliphatic hydroxyl groups is 1. The number of aromatic nitrogens is 1. The standard InChI is InChI=1S/C21H22N3O3/c22-19(14-26)21(27)24(12-15-6-2-1-3-7-15)17(13-25)10-16-11-23-20-9-5-4-8-18(16)20/h1-9,11,17,19,23,26H,10,12,14,22H2/t17-,19-/m0/s1. The summed E-state index contributed by atoms with van der Waals surface area (Å²) in [5.74, 6) is -0.477. The van der Waals surface area contributed by atoms with E-state index in [-0.39, 0.29) is 6.54 Å². The summed E-state index contributed by atoms with van der Waals surface area (Å²) in [5, 5.41) is 10.3. The number of nitrogens with two attached hydrogens (primary N) is 1. The number of H-pyrrole nitrogens is 1. The maximum atomic E-state index is 12.7. The van der Waals surface area contributed by atoms with Crippen LogP contribution in [0.2, 0.25) is 0 Å². The molecule has 139 valence electrons. The summed E-state index contributed by atoms with van der Waals surface area (Å²) < 4.78 is 0. The van der Waals surface area contributed by atoms with Gasteiger partial charge in [-0.15, -0.1) is 0 Å². The Morgan fingerprint density at radius 1 is 1.15 bits per heavy atom. The van der Waals surface area contributed by atoms with Crippen molar-refractivity contribution in [2.24, 2.45) is 5.73 Å². The van der Waals surface area contributed by atoms with Crippen LogP contribution in [0.3, 0.4) is 0 Å². The Labute approximate surface area is 157 Å². The first-order valence-corrected chi connectivity index (χ1v) is 8.77. The minimum atomic E-state index is -1.08. The average Bonchev–Trinajstić information content (AvgIpc) is 3.13. The van der Waals surface area contributed by atoms with Crippen LogP contribution in [0.4, 0.5) is 0 Å². The van der Waals surface area contributed by atoms with Gasteiger partial charge in [-0.1, -0.05) is 48.5 Å². The lowest BCUT2D eigenvalue weighted by Crippen LogP contribution is -2.51. The van der Waals surface area contributed by atoms with Crippen LogP contribution in [0.15, 0.2) is 60.8 Å². The molecule has 1 aromatic heterocycles.